The van der Waals surface area contributed by atoms with Crippen molar-refractivity contribution in [2.24, 2.45) is 5.41 Å². The maximum absolute atomic E-state index is 12.2. The normalized spacial score (nSPS) is 13.9. The van der Waals surface area contributed by atoms with Gasteiger partial charge in [0.25, 0.3) is 0 Å². The predicted molar refractivity (Wildman–Crippen MR) is 70.0 cm³/mol. The molecule has 0 N–H and O–H groups in total. The molecule has 0 aliphatic heterocycles. The number of carbonyl (C=O) groups excluding carboxylic acids is 1. The Morgan fingerprint density at radius 3 is 2.65 bits per heavy atom. The van der Waals surface area contributed by atoms with E-state index in [1.807, 2.05) is 45.0 Å². The number of hydrogen-bond acceptors (Lipinski definition) is 3. The van der Waals surface area contributed by atoms with E-state index in [1.165, 1.54) is 0 Å². The first kappa shape index (κ1) is 12.2. The van der Waals surface area contributed by atoms with Crippen LogP contribution in [-0.2, 0) is 4.79 Å². The number of aromatic nitrogens is 3. The van der Waals surface area contributed by atoms with E-state index in [4.69, 9.17) is 0 Å². The van der Waals surface area contributed by atoms with Crippen molar-refractivity contribution < 1.29 is 4.79 Å². The predicted octanol–water partition coefficient (Wildman–Crippen LogP) is 2.94. The molecule has 1 heterocycles. The molecule has 1 unspecified atom stereocenters. The summed E-state index contributed by atoms with van der Waals surface area (Å²) in [7, 11) is 0. The Hall–Kier alpha value is -1.23. The van der Waals surface area contributed by atoms with Gasteiger partial charge in [-0.2, -0.15) is 0 Å². The summed E-state index contributed by atoms with van der Waals surface area (Å²) in [4.78, 5) is 11.7. The number of carbonyl (C=O) groups is 1. The third-order valence-electron chi connectivity index (χ3n) is 2.55. The maximum Gasteiger partial charge on any atom is 0.173 e. The molecule has 1 aromatic carbocycles. The second-order valence-electron chi connectivity index (χ2n) is 4.97. The zero-order valence-corrected chi connectivity index (χ0v) is 11.6. The smallest absolute Gasteiger partial charge is 0.173 e. The van der Waals surface area contributed by atoms with Gasteiger partial charge >= 0.3 is 0 Å². The third kappa shape index (κ3) is 2.24. The number of alkyl halides is 1. The van der Waals surface area contributed by atoms with E-state index in [1.54, 1.807) is 4.68 Å². The number of fused-ring (bicyclic) bond motifs is 1. The van der Waals surface area contributed by atoms with Crippen LogP contribution >= 0.6 is 15.9 Å². The average molecular weight is 296 g/mol. The second-order valence-corrected chi connectivity index (χ2v) is 5.84. The van der Waals surface area contributed by atoms with Gasteiger partial charge in [0, 0.05) is 5.41 Å². The summed E-state index contributed by atoms with van der Waals surface area (Å²) in [6.45, 7) is 5.67. The molecule has 2 rings (SSSR count). The van der Waals surface area contributed by atoms with E-state index >= 15 is 0 Å². The summed E-state index contributed by atoms with van der Waals surface area (Å²) in [6.07, 6.45) is 0. The third-order valence-corrected chi connectivity index (χ3v) is 3.35. The average Bonchev–Trinajstić information content (AvgIpc) is 2.69. The van der Waals surface area contributed by atoms with Gasteiger partial charge in [0.15, 0.2) is 10.7 Å². The van der Waals surface area contributed by atoms with Gasteiger partial charge in [-0.05, 0) is 12.1 Å². The van der Waals surface area contributed by atoms with Crippen molar-refractivity contribution in [1.29, 1.82) is 0 Å². The van der Waals surface area contributed by atoms with Crippen LogP contribution in [0.15, 0.2) is 24.3 Å². The lowest BCUT2D eigenvalue weighted by Crippen LogP contribution is -2.27. The van der Waals surface area contributed by atoms with Gasteiger partial charge in [0.05, 0.1) is 5.52 Å². The molecule has 90 valence electrons. The minimum atomic E-state index is -0.477. The van der Waals surface area contributed by atoms with Crippen molar-refractivity contribution in [3.63, 3.8) is 0 Å². The SMILES string of the molecule is CC(C)(C)C(=O)C(Br)n1nnc2ccccc21. The van der Waals surface area contributed by atoms with E-state index in [-0.39, 0.29) is 5.78 Å². The number of benzene rings is 1. The van der Waals surface area contributed by atoms with E-state index < -0.39 is 10.4 Å². The topological polar surface area (TPSA) is 47.8 Å². The molecule has 0 radical (unpaired) electrons. The van der Waals surface area contributed by atoms with Crippen LogP contribution in [0.4, 0.5) is 0 Å². The van der Waals surface area contributed by atoms with Crippen LogP contribution in [0.5, 0.6) is 0 Å². The van der Waals surface area contributed by atoms with E-state index in [0.717, 1.165) is 11.0 Å². The van der Waals surface area contributed by atoms with E-state index in [0.29, 0.717) is 0 Å². The molecular weight excluding hydrogens is 282 g/mol. The Kier molecular flexibility index (Phi) is 3.03. The first-order chi connectivity index (χ1) is 7.91. The molecule has 0 saturated heterocycles. The number of Topliss-reactive ketones (excluding diaryl/α,β-unsaturated/α-hetero) is 1. The summed E-state index contributed by atoms with van der Waals surface area (Å²) in [5.41, 5.74) is 1.23. The minimum Gasteiger partial charge on any atom is -0.296 e. The van der Waals surface area contributed by atoms with Gasteiger partial charge in [-0.15, -0.1) is 5.10 Å². The Labute approximate surface area is 108 Å². The Morgan fingerprint density at radius 2 is 2.00 bits per heavy atom. The Morgan fingerprint density at radius 1 is 1.35 bits per heavy atom. The van der Waals surface area contributed by atoms with Crippen LogP contribution in [0.3, 0.4) is 0 Å². The van der Waals surface area contributed by atoms with Crippen molar-refractivity contribution in [1.82, 2.24) is 15.0 Å². The van der Waals surface area contributed by atoms with Crippen molar-refractivity contribution in [2.45, 2.75) is 25.7 Å². The first-order valence-electron chi connectivity index (χ1n) is 5.39. The zero-order valence-electron chi connectivity index (χ0n) is 10.0. The van der Waals surface area contributed by atoms with Crippen molar-refractivity contribution in [2.75, 3.05) is 0 Å². The lowest BCUT2D eigenvalue weighted by molar-refractivity contribution is -0.127. The number of rotatable bonds is 2. The first-order valence-corrected chi connectivity index (χ1v) is 6.31. The molecule has 0 bridgehead atoms. The summed E-state index contributed by atoms with van der Waals surface area (Å²) in [5.74, 6) is 0.0770. The van der Waals surface area contributed by atoms with Crippen LogP contribution in [0.25, 0.3) is 11.0 Å². The van der Waals surface area contributed by atoms with Crippen molar-refractivity contribution in [3.8, 4) is 0 Å². The number of halogens is 1. The standard InChI is InChI=1S/C12H14BrN3O/c1-12(2,3)10(17)11(13)16-9-7-5-4-6-8(9)14-15-16/h4-7,11H,1-3H3. The molecule has 0 aliphatic carbocycles. The number of nitrogens with zero attached hydrogens (tertiary/aromatic N) is 3. The summed E-state index contributed by atoms with van der Waals surface area (Å²) in [6, 6.07) is 7.58. The highest BCUT2D eigenvalue weighted by Crippen LogP contribution is 2.29. The lowest BCUT2D eigenvalue weighted by atomic mass is 9.91. The highest BCUT2D eigenvalue weighted by Gasteiger charge is 2.30. The van der Waals surface area contributed by atoms with Gasteiger partial charge in [0.2, 0.25) is 0 Å². The molecule has 1 atom stereocenters. The van der Waals surface area contributed by atoms with Crippen molar-refractivity contribution >= 4 is 32.7 Å². The largest absolute Gasteiger partial charge is 0.296 e. The summed E-state index contributed by atoms with van der Waals surface area (Å²) < 4.78 is 1.61. The molecule has 0 amide bonds. The Balaban J connectivity index is 2.44. The quantitative estimate of drug-likeness (QED) is 0.801. The molecule has 0 spiro atoms. The molecule has 0 fully saturated rings. The molecule has 0 aliphatic rings. The number of hydrogen-bond donors (Lipinski definition) is 0. The monoisotopic (exact) mass is 295 g/mol. The van der Waals surface area contributed by atoms with E-state index in [9.17, 15) is 4.79 Å². The number of para-hydroxylation sites is 1. The zero-order chi connectivity index (χ0) is 12.6. The molecule has 1 aromatic heterocycles. The number of ketones is 1. The van der Waals surface area contributed by atoms with Gasteiger partial charge in [-0.25, -0.2) is 4.68 Å². The van der Waals surface area contributed by atoms with Crippen LogP contribution in [0, 0.1) is 5.41 Å². The highest BCUT2D eigenvalue weighted by atomic mass is 79.9. The fraction of sp³-hybridized carbons (Fsp3) is 0.417. The molecule has 2 aromatic rings. The fourth-order valence-electron chi connectivity index (χ4n) is 1.52. The summed E-state index contributed by atoms with van der Waals surface area (Å²) >= 11 is 3.40. The fourth-order valence-corrected chi connectivity index (χ4v) is 2.51. The van der Waals surface area contributed by atoms with E-state index in [2.05, 4.69) is 26.2 Å². The van der Waals surface area contributed by atoms with Gasteiger partial charge < -0.3 is 0 Å². The van der Waals surface area contributed by atoms with Gasteiger partial charge in [-0.3, -0.25) is 4.79 Å². The highest BCUT2D eigenvalue weighted by molar-refractivity contribution is 9.09. The van der Waals surface area contributed by atoms with Crippen LogP contribution in [-0.4, -0.2) is 20.8 Å². The molecule has 5 heteroatoms. The van der Waals surface area contributed by atoms with Crippen molar-refractivity contribution in [3.05, 3.63) is 24.3 Å². The Bertz CT molecular complexity index is 556. The maximum atomic E-state index is 12.2. The molecule has 0 saturated carbocycles. The van der Waals surface area contributed by atoms with Crippen LogP contribution in [0.2, 0.25) is 0 Å². The second kappa shape index (κ2) is 4.22. The molecule has 4 nitrogen and oxygen atoms in total. The lowest BCUT2D eigenvalue weighted by Gasteiger charge is -2.20. The van der Waals surface area contributed by atoms with Gasteiger partial charge in [0.1, 0.15) is 5.52 Å². The molecular formula is C12H14BrN3O. The van der Waals surface area contributed by atoms with Gasteiger partial charge in [-0.1, -0.05) is 54.0 Å². The van der Waals surface area contributed by atoms with Crippen LogP contribution in [0.1, 0.15) is 25.7 Å². The minimum absolute atomic E-state index is 0.0770. The molecule has 17 heavy (non-hydrogen) atoms. The van der Waals surface area contributed by atoms with Crippen LogP contribution < -0.4 is 0 Å². The summed E-state index contributed by atoms with van der Waals surface area (Å²) in [5, 5.41) is 8.06.